The highest BCUT2D eigenvalue weighted by Crippen LogP contribution is 2.28. The zero-order chi connectivity index (χ0) is 29.4. The lowest BCUT2D eigenvalue weighted by molar-refractivity contribution is -0.140. The quantitative estimate of drug-likeness (QED) is 0.289. The highest BCUT2D eigenvalue weighted by Gasteiger charge is 2.33. The number of carbonyl (C=O) groups is 2. The van der Waals surface area contributed by atoms with Crippen molar-refractivity contribution in [2.75, 3.05) is 23.7 Å². The highest BCUT2D eigenvalue weighted by atomic mass is 35.5. The maximum Gasteiger partial charge on any atom is 0.244 e. The first-order valence-electron chi connectivity index (χ1n) is 13.0. The number of likely N-dealkylation sites (N-methyl/N-ethyl adjacent to an activating group) is 1. The van der Waals surface area contributed by atoms with Gasteiger partial charge >= 0.3 is 0 Å². The van der Waals surface area contributed by atoms with Crippen molar-refractivity contribution in [3.63, 3.8) is 0 Å². The molecule has 3 aromatic rings. The molecule has 0 unspecified atom stereocenters. The lowest BCUT2D eigenvalue weighted by atomic mass is 10.0. The van der Waals surface area contributed by atoms with Crippen LogP contribution in [0.2, 0.25) is 10.0 Å². The van der Waals surface area contributed by atoms with Crippen molar-refractivity contribution in [2.24, 2.45) is 0 Å². The Morgan fingerprint density at radius 2 is 1.50 bits per heavy atom. The molecule has 0 aliphatic heterocycles. The molecule has 214 valence electrons. The molecule has 3 rings (SSSR count). The summed E-state index contributed by atoms with van der Waals surface area (Å²) in [5.41, 5.74) is 2.70. The van der Waals surface area contributed by atoms with E-state index in [0.717, 1.165) is 21.7 Å². The van der Waals surface area contributed by atoms with Crippen molar-refractivity contribution in [3.8, 4) is 0 Å². The summed E-state index contributed by atoms with van der Waals surface area (Å²) < 4.78 is 26.9. The lowest BCUT2D eigenvalue weighted by Crippen LogP contribution is -2.53. The van der Waals surface area contributed by atoms with Gasteiger partial charge in [0.1, 0.15) is 12.6 Å². The van der Waals surface area contributed by atoms with Crippen molar-refractivity contribution in [2.45, 2.75) is 45.7 Å². The number of hydrogen-bond donors (Lipinski definition) is 1. The molecule has 0 heterocycles. The van der Waals surface area contributed by atoms with Crippen LogP contribution in [-0.4, -0.2) is 50.5 Å². The minimum atomic E-state index is -3.85. The predicted molar refractivity (Wildman–Crippen MR) is 162 cm³/mol. The average Bonchev–Trinajstić information content (AvgIpc) is 2.90. The number of carbonyl (C=O) groups excluding carboxylic acids is 2. The van der Waals surface area contributed by atoms with Gasteiger partial charge in [-0.3, -0.25) is 13.9 Å². The third-order valence-corrected chi connectivity index (χ3v) is 8.39. The molecule has 7 nitrogen and oxygen atoms in total. The second kappa shape index (κ2) is 14.0. The van der Waals surface area contributed by atoms with Gasteiger partial charge in [-0.2, -0.15) is 0 Å². The molecule has 40 heavy (non-hydrogen) atoms. The van der Waals surface area contributed by atoms with E-state index < -0.39 is 28.5 Å². The van der Waals surface area contributed by atoms with E-state index in [1.165, 1.54) is 4.90 Å². The van der Waals surface area contributed by atoms with Crippen LogP contribution < -0.4 is 9.62 Å². The molecule has 0 fully saturated rings. The van der Waals surface area contributed by atoms with Crippen molar-refractivity contribution < 1.29 is 18.0 Å². The van der Waals surface area contributed by atoms with E-state index in [0.29, 0.717) is 27.8 Å². The van der Waals surface area contributed by atoms with Gasteiger partial charge in [0.15, 0.2) is 0 Å². The highest BCUT2D eigenvalue weighted by molar-refractivity contribution is 7.92. The molecule has 0 radical (unpaired) electrons. The van der Waals surface area contributed by atoms with E-state index in [1.807, 2.05) is 56.3 Å². The number of sulfonamides is 1. The zero-order valence-electron chi connectivity index (χ0n) is 23.1. The SMILES string of the molecule is CCNC(=O)[C@@H](Cc1ccccc1)N(Cc1c(Cl)cccc1Cl)C(=O)CN(c1ccc(C(C)C)cc1)S(C)(=O)=O. The van der Waals surface area contributed by atoms with E-state index in [4.69, 9.17) is 23.2 Å². The largest absolute Gasteiger partial charge is 0.355 e. The number of amides is 2. The van der Waals surface area contributed by atoms with E-state index in [2.05, 4.69) is 5.32 Å². The second-order valence-electron chi connectivity index (χ2n) is 9.84. The van der Waals surface area contributed by atoms with E-state index in [-0.39, 0.29) is 24.8 Å². The van der Waals surface area contributed by atoms with Crippen LogP contribution in [0, 0.1) is 0 Å². The Bertz CT molecular complexity index is 1390. The molecule has 3 aromatic carbocycles. The Morgan fingerprint density at radius 3 is 2.02 bits per heavy atom. The molecule has 0 aliphatic rings. The van der Waals surface area contributed by atoms with Crippen LogP contribution in [0.15, 0.2) is 72.8 Å². The molecule has 0 saturated heterocycles. The Labute approximate surface area is 247 Å². The van der Waals surface area contributed by atoms with Crippen LogP contribution in [0.3, 0.4) is 0 Å². The van der Waals surface area contributed by atoms with Crippen LogP contribution in [0.5, 0.6) is 0 Å². The van der Waals surface area contributed by atoms with Crippen molar-refractivity contribution in [1.29, 1.82) is 0 Å². The maximum absolute atomic E-state index is 14.1. The summed E-state index contributed by atoms with van der Waals surface area (Å²) in [6.07, 6.45) is 1.26. The van der Waals surface area contributed by atoms with Gasteiger partial charge in [-0.05, 0) is 48.2 Å². The zero-order valence-corrected chi connectivity index (χ0v) is 25.4. The van der Waals surface area contributed by atoms with Gasteiger partial charge in [0.2, 0.25) is 21.8 Å². The van der Waals surface area contributed by atoms with Crippen molar-refractivity contribution in [1.82, 2.24) is 10.2 Å². The van der Waals surface area contributed by atoms with Gasteiger partial charge in [0, 0.05) is 35.1 Å². The fourth-order valence-corrected chi connectivity index (χ4v) is 5.71. The summed E-state index contributed by atoms with van der Waals surface area (Å²) in [7, 11) is -3.85. The van der Waals surface area contributed by atoms with Gasteiger partial charge in [-0.1, -0.05) is 85.6 Å². The fourth-order valence-electron chi connectivity index (χ4n) is 4.34. The first-order valence-corrected chi connectivity index (χ1v) is 15.6. The average molecular weight is 605 g/mol. The van der Waals surface area contributed by atoms with Gasteiger partial charge in [0.05, 0.1) is 11.9 Å². The number of anilines is 1. The topological polar surface area (TPSA) is 86.8 Å². The summed E-state index contributed by atoms with van der Waals surface area (Å²) in [4.78, 5) is 28.8. The molecule has 0 aliphatic carbocycles. The first-order chi connectivity index (χ1) is 18.9. The maximum atomic E-state index is 14.1. The van der Waals surface area contributed by atoms with Crippen LogP contribution in [0.1, 0.15) is 43.4 Å². The van der Waals surface area contributed by atoms with Crippen LogP contribution >= 0.6 is 23.2 Å². The van der Waals surface area contributed by atoms with E-state index in [9.17, 15) is 18.0 Å². The molecule has 0 aromatic heterocycles. The van der Waals surface area contributed by atoms with Crippen LogP contribution in [0.25, 0.3) is 0 Å². The third kappa shape index (κ3) is 8.22. The Kier molecular flexibility index (Phi) is 11.0. The normalized spacial score (nSPS) is 12.2. The van der Waals surface area contributed by atoms with Gasteiger partial charge in [-0.25, -0.2) is 8.42 Å². The smallest absolute Gasteiger partial charge is 0.244 e. The molecule has 10 heteroatoms. The molecular formula is C30H35Cl2N3O4S. The Hall–Kier alpha value is -3.07. The summed E-state index contributed by atoms with van der Waals surface area (Å²) in [5.74, 6) is -0.675. The molecule has 0 saturated carbocycles. The number of halogens is 2. The standard InChI is InChI=1S/C30H35Cl2N3O4S/c1-5-33-30(37)28(18-22-10-7-6-8-11-22)34(19-25-26(31)12-9-13-27(25)32)29(36)20-35(40(4,38)39)24-16-14-23(15-17-24)21(2)3/h6-17,21,28H,5,18-20H2,1-4H3,(H,33,37)/t28-/m1/s1. The molecular weight excluding hydrogens is 569 g/mol. The second-order valence-corrected chi connectivity index (χ2v) is 12.6. The monoisotopic (exact) mass is 603 g/mol. The number of nitrogens with zero attached hydrogens (tertiary/aromatic N) is 2. The van der Waals surface area contributed by atoms with Gasteiger partial charge in [0.25, 0.3) is 0 Å². The number of nitrogens with one attached hydrogen (secondary N) is 1. The summed E-state index contributed by atoms with van der Waals surface area (Å²) >= 11 is 12.9. The summed E-state index contributed by atoms with van der Waals surface area (Å²) in [6.45, 7) is 5.64. The number of hydrogen-bond acceptors (Lipinski definition) is 4. The van der Waals surface area contributed by atoms with E-state index in [1.54, 1.807) is 37.3 Å². The van der Waals surface area contributed by atoms with Crippen LogP contribution in [0.4, 0.5) is 5.69 Å². The Morgan fingerprint density at radius 1 is 0.900 bits per heavy atom. The van der Waals surface area contributed by atoms with Crippen molar-refractivity contribution in [3.05, 3.63) is 99.5 Å². The third-order valence-electron chi connectivity index (χ3n) is 6.54. The predicted octanol–water partition coefficient (Wildman–Crippen LogP) is 5.66. The minimum Gasteiger partial charge on any atom is -0.355 e. The molecule has 1 N–H and O–H groups in total. The number of benzene rings is 3. The van der Waals surface area contributed by atoms with Gasteiger partial charge in [-0.15, -0.1) is 0 Å². The van der Waals surface area contributed by atoms with Crippen LogP contribution in [-0.2, 0) is 32.6 Å². The summed E-state index contributed by atoms with van der Waals surface area (Å²) in [5, 5.41) is 3.49. The molecule has 0 bridgehead atoms. The first kappa shape index (κ1) is 31.5. The van der Waals surface area contributed by atoms with E-state index >= 15 is 0 Å². The molecule has 1 atom stereocenters. The van der Waals surface area contributed by atoms with Crippen molar-refractivity contribution >= 4 is 50.7 Å². The molecule has 0 spiro atoms. The summed E-state index contributed by atoms with van der Waals surface area (Å²) in [6, 6.07) is 20.4. The minimum absolute atomic E-state index is 0.0874. The lowest BCUT2D eigenvalue weighted by Gasteiger charge is -2.34. The van der Waals surface area contributed by atoms with Gasteiger partial charge < -0.3 is 10.2 Å². The number of rotatable bonds is 12. The fraction of sp³-hybridized carbons (Fsp3) is 0.333. The molecule has 2 amide bonds. The Balaban J connectivity index is 2.07.